The van der Waals surface area contributed by atoms with E-state index in [2.05, 4.69) is 5.10 Å². The van der Waals surface area contributed by atoms with Crippen LogP contribution in [0.15, 0.2) is 35.4 Å². The monoisotopic (exact) mass is 540 g/mol. The van der Waals surface area contributed by atoms with Crippen molar-refractivity contribution in [2.24, 2.45) is 5.10 Å². The zero-order chi connectivity index (χ0) is 25.0. The molecule has 0 saturated carbocycles. The molecular weight excluding hydrogens is 528 g/mol. The number of alkyl halides is 7. The van der Waals surface area contributed by atoms with E-state index in [9.17, 15) is 30.7 Å². The zero-order valence-electron chi connectivity index (χ0n) is 16.4. The van der Waals surface area contributed by atoms with Gasteiger partial charge in [-0.15, -0.1) is 0 Å². The highest BCUT2D eigenvalue weighted by Crippen LogP contribution is 2.45. The number of hydrogen-bond donors (Lipinski definition) is 1. The Bertz CT molecular complexity index is 1020. The van der Waals surface area contributed by atoms with Crippen molar-refractivity contribution < 1.29 is 40.2 Å². The summed E-state index contributed by atoms with van der Waals surface area (Å²) >= 11 is 18.1. The summed E-state index contributed by atoms with van der Waals surface area (Å²) in [6, 6.07) is 1.35. The summed E-state index contributed by atoms with van der Waals surface area (Å²) < 4.78 is 99.9. The molecule has 4 nitrogen and oxygen atoms in total. The average molecular weight is 542 g/mol. The van der Waals surface area contributed by atoms with E-state index >= 15 is 0 Å². The van der Waals surface area contributed by atoms with Crippen LogP contribution in [0.4, 0.5) is 30.7 Å². The van der Waals surface area contributed by atoms with Crippen LogP contribution in [-0.2, 0) is 6.61 Å². The first-order valence-corrected chi connectivity index (χ1v) is 9.98. The lowest BCUT2D eigenvalue weighted by Gasteiger charge is -2.27. The lowest BCUT2D eigenvalue weighted by molar-refractivity contribution is -0.361. The Balaban J connectivity index is 2.23. The summed E-state index contributed by atoms with van der Waals surface area (Å²) in [5.74, 6) is -6.28. The Kier molecular flexibility index (Phi) is 8.58. The molecule has 0 unspecified atom stereocenters. The van der Waals surface area contributed by atoms with Crippen molar-refractivity contribution in [1.82, 2.24) is 5.43 Å². The van der Waals surface area contributed by atoms with Crippen molar-refractivity contribution in [3.63, 3.8) is 0 Å². The minimum Gasteiger partial charge on any atom is -0.490 e. The van der Waals surface area contributed by atoms with Crippen LogP contribution < -0.4 is 14.9 Å². The SMILES string of the molecule is CCOc1cc(/C=N/NC(F)(F)C(F)(F)C(F)(F)F)cc(Cl)c1OCc1ccc(Cl)cc1Cl. The lowest BCUT2D eigenvalue weighted by Crippen LogP contribution is -2.58. The highest BCUT2D eigenvalue weighted by Gasteiger charge is 2.73. The number of ether oxygens (including phenoxy) is 2. The fourth-order valence-corrected chi connectivity index (χ4v) is 3.03. The van der Waals surface area contributed by atoms with Crippen molar-refractivity contribution in [2.75, 3.05) is 6.61 Å². The molecule has 0 fully saturated rings. The summed E-state index contributed by atoms with van der Waals surface area (Å²) in [5.41, 5.74) is 1.02. The molecule has 0 aliphatic rings. The van der Waals surface area contributed by atoms with Gasteiger partial charge in [-0.3, -0.25) is 0 Å². The van der Waals surface area contributed by atoms with Gasteiger partial charge in [-0.05, 0) is 36.8 Å². The van der Waals surface area contributed by atoms with Crippen LogP contribution in [-0.4, -0.2) is 31.0 Å². The molecule has 14 heteroatoms. The molecule has 2 aromatic rings. The van der Waals surface area contributed by atoms with Gasteiger partial charge in [-0.25, -0.2) is 5.43 Å². The normalized spacial score (nSPS) is 12.8. The summed E-state index contributed by atoms with van der Waals surface area (Å²) in [4.78, 5) is 0. The molecule has 0 aliphatic carbocycles. The van der Waals surface area contributed by atoms with Gasteiger partial charge in [0.25, 0.3) is 0 Å². The summed E-state index contributed by atoms with van der Waals surface area (Å²) in [6.45, 7) is 1.70. The third-order valence-corrected chi connectivity index (χ3v) is 4.76. The minimum atomic E-state index is -6.49. The van der Waals surface area contributed by atoms with Gasteiger partial charge >= 0.3 is 18.1 Å². The molecule has 0 heterocycles. The Labute approximate surface area is 198 Å². The first-order chi connectivity index (χ1) is 15.2. The number of nitrogens with one attached hydrogen (secondary N) is 1. The zero-order valence-corrected chi connectivity index (χ0v) is 18.7. The number of hydrogen-bond acceptors (Lipinski definition) is 4. The fraction of sp³-hybridized carbons (Fsp3) is 0.316. The Morgan fingerprint density at radius 2 is 1.61 bits per heavy atom. The van der Waals surface area contributed by atoms with Crippen LogP contribution in [0.2, 0.25) is 15.1 Å². The molecule has 0 atom stereocenters. The first-order valence-electron chi connectivity index (χ1n) is 8.85. The maximum absolute atomic E-state index is 13.3. The number of rotatable bonds is 9. The summed E-state index contributed by atoms with van der Waals surface area (Å²) in [5, 5.41) is 3.44. The smallest absolute Gasteiger partial charge is 0.462 e. The molecule has 0 bridgehead atoms. The third kappa shape index (κ3) is 6.48. The molecule has 0 radical (unpaired) electrons. The summed E-state index contributed by atoms with van der Waals surface area (Å²) in [6.07, 6.45) is -5.93. The van der Waals surface area contributed by atoms with Crippen molar-refractivity contribution in [2.45, 2.75) is 31.7 Å². The minimum absolute atomic E-state index is 0.0314. The molecular formula is C19H14Cl3F7N2O2. The van der Waals surface area contributed by atoms with E-state index in [1.807, 2.05) is 0 Å². The van der Waals surface area contributed by atoms with E-state index in [-0.39, 0.29) is 35.3 Å². The van der Waals surface area contributed by atoms with Gasteiger partial charge in [0.1, 0.15) is 6.61 Å². The van der Waals surface area contributed by atoms with E-state index in [4.69, 9.17) is 44.3 Å². The molecule has 0 amide bonds. The van der Waals surface area contributed by atoms with Crippen LogP contribution in [0, 0.1) is 0 Å². The van der Waals surface area contributed by atoms with Crippen molar-refractivity contribution in [1.29, 1.82) is 0 Å². The average Bonchev–Trinajstić information content (AvgIpc) is 2.68. The van der Waals surface area contributed by atoms with Crippen LogP contribution in [0.25, 0.3) is 0 Å². The van der Waals surface area contributed by atoms with Gasteiger partial charge in [0.2, 0.25) is 0 Å². The van der Waals surface area contributed by atoms with E-state index in [0.717, 1.165) is 6.07 Å². The maximum Gasteiger partial charge on any atom is 0.462 e. The van der Waals surface area contributed by atoms with Gasteiger partial charge in [-0.2, -0.15) is 35.8 Å². The number of halogens is 10. The molecule has 0 saturated heterocycles. The van der Waals surface area contributed by atoms with Crippen LogP contribution in [0.5, 0.6) is 11.5 Å². The lowest BCUT2D eigenvalue weighted by atomic mass is 10.2. The van der Waals surface area contributed by atoms with E-state index in [1.165, 1.54) is 12.1 Å². The van der Waals surface area contributed by atoms with Gasteiger partial charge in [0, 0.05) is 15.6 Å². The second-order valence-corrected chi connectivity index (χ2v) is 7.55. The largest absolute Gasteiger partial charge is 0.490 e. The second-order valence-electron chi connectivity index (χ2n) is 6.30. The molecule has 2 aromatic carbocycles. The van der Waals surface area contributed by atoms with Gasteiger partial charge in [-0.1, -0.05) is 40.9 Å². The standard InChI is InChI=1S/C19H14Cl3F7N2O2/c1-2-32-15-6-10(8-30-31-19(28,29)17(23,24)18(25,26)27)5-14(22)16(15)33-9-11-3-4-12(20)7-13(11)21/h3-8,31H,2,9H2,1H3/b30-8+. The maximum atomic E-state index is 13.3. The highest BCUT2D eigenvalue weighted by molar-refractivity contribution is 6.35. The van der Waals surface area contributed by atoms with Crippen LogP contribution in [0.3, 0.4) is 0 Å². The predicted molar refractivity (Wildman–Crippen MR) is 110 cm³/mol. The molecule has 33 heavy (non-hydrogen) atoms. The molecule has 182 valence electrons. The Morgan fingerprint density at radius 3 is 2.18 bits per heavy atom. The van der Waals surface area contributed by atoms with Crippen LogP contribution >= 0.6 is 34.8 Å². The number of nitrogens with zero attached hydrogens (tertiary/aromatic N) is 1. The highest BCUT2D eigenvalue weighted by atomic mass is 35.5. The molecule has 0 aromatic heterocycles. The Morgan fingerprint density at radius 1 is 0.939 bits per heavy atom. The number of benzene rings is 2. The van der Waals surface area contributed by atoms with E-state index in [0.29, 0.717) is 27.2 Å². The molecule has 0 spiro atoms. The molecule has 2 rings (SSSR count). The van der Waals surface area contributed by atoms with Gasteiger partial charge < -0.3 is 9.47 Å². The quantitative estimate of drug-likeness (QED) is 0.156. The second kappa shape index (κ2) is 10.4. The van der Waals surface area contributed by atoms with Gasteiger partial charge in [0.15, 0.2) is 11.5 Å². The number of hydrazone groups is 1. The van der Waals surface area contributed by atoms with E-state index < -0.39 is 18.1 Å². The van der Waals surface area contributed by atoms with Crippen LogP contribution in [0.1, 0.15) is 18.1 Å². The predicted octanol–water partition coefficient (Wildman–Crippen LogP) is 7.34. The van der Waals surface area contributed by atoms with Gasteiger partial charge in [0.05, 0.1) is 17.8 Å². The van der Waals surface area contributed by atoms with Crippen molar-refractivity contribution >= 4 is 41.0 Å². The third-order valence-electron chi connectivity index (χ3n) is 3.89. The fourth-order valence-electron chi connectivity index (χ4n) is 2.29. The first kappa shape index (κ1) is 27.1. The summed E-state index contributed by atoms with van der Waals surface area (Å²) in [7, 11) is 0. The van der Waals surface area contributed by atoms with E-state index in [1.54, 1.807) is 19.1 Å². The van der Waals surface area contributed by atoms with Crippen molar-refractivity contribution in [3.8, 4) is 11.5 Å². The molecule has 0 aliphatic heterocycles. The van der Waals surface area contributed by atoms with Crippen molar-refractivity contribution in [3.05, 3.63) is 56.5 Å². The topological polar surface area (TPSA) is 42.8 Å². The Hall–Kier alpha value is -2.11. The molecule has 1 N–H and O–H groups in total.